The maximum Gasteiger partial charge on any atom is 0.237 e. The number of rotatable bonds is 6. The molecule has 0 aromatic heterocycles. The molecule has 2 rings (SSSR count). The fourth-order valence-corrected chi connectivity index (χ4v) is 2.98. The maximum atomic E-state index is 12.4. The van der Waals surface area contributed by atoms with Crippen molar-refractivity contribution in [2.75, 3.05) is 26.4 Å². The van der Waals surface area contributed by atoms with Crippen molar-refractivity contribution in [2.45, 2.75) is 64.1 Å². The second-order valence-corrected chi connectivity index (χ2v) is 6.51. The predicted molar refractivity (Wildman–Crippen MR) is 82.2 cm³/mol. The van der Waals surface area contributed by atoms with Crippen molar-refractivity contribution in [3.63, 3.8) is 0 Å². The largest absolute Gasteiger partial charge is 0.381 e. The molecule has 2 saturated heterocycles. The maximum absolute atomic E-state index is 12.4. The average molecular weight is 298 g/mol. The van der Waals surface area contributed by atoms with E-state index in [1.165, 1.54) is 6.42 Å². The summed E-state index contributed by atoms with van der Waals surface area (Å²) in [6, 6.07) is 0.263. The molecule has 122 valence electrons. The third-order valence-corrected chi connectivity index (χ3v) is 4.36. The minimum atomic E-state index is -0.128. The fourth-order valence-electron chi connectivity index (χ4n) is 2.98. The van der Waals surface area contributed by atoms with E-state index < -0.39 is 0 Å². The summed E-state index contributed by atoms with van der Waals surface area (Å²) in [6.07, 6.45) is 5.57. The van der Waals surface area contributed by atoms with Crippen molar-refractivity contribution in [2.24, 2.45) is 5.92 Å². The van der Waals surface area contributed by atoms with Crippen LogP contribution in [0.2, 0.25) is 0 Å². The molecule has 5 nitrogen and oxygen atoms in total. The first kappa shape index (κ1) is 16.7. The number of nitrogens with one attached hydrogen (secondary N) is 2. The number of hydrogen-bond donors (Lipinski definition) is 2. The van der Waals surface area contributed by atoms with Crippen molar-refractivity contribution in [1.82, 2.24) is 10.6 Å². The number of carbonyl (C=O) groups is 1. The quantitative estimate of drug-likeness (QED) is 0.779. The van der Waals surface area contributed by atoms with E-state index in [1.807, 2.05) is 0 Å². The van der Waals surface area contributed by atoms with Gasteiger partial charge in [0.1, 0.15) is 0 Å². The molecule has 2 heterocycles. The molecule has 0 unspecified atom stereocenters. The van der Waals surface area contributed by atoms with Gasteiger partial charge in [0, 0.05) is 32.4 Å². The lowest BCUT2D eigenvalue weighted by Gasteiger charge is -2.30. The molecule has 0 radical (unpaired) electrons. The Hall–Kier alpha value is -0.650. The van der Waals surface area contributed by atoms with Crippen LogP contribution in [-0.4, -0.2) is 50.5 Å². The molecule has 0 aliphatic carbocycles. The van der Waals surface area contributed by atoms with Gasteiger partial charge in [0.05, 0.1) is 12.1 Å². The summed E-state index contributed by atoms with van der Waals surface area (Å²) in [7, 11) is 0. The van der Waals surface area contributed by atoms with Gasteiger partial charge >= 0.3 is 0 Å². The highest BCUT2D eigenvalue weighted by atomic mass is 16.5. The molecule has 2 N–H and O–H groups in total. The second-order valence-electron chi connectivity index (χ2n) is 6.51. The van der Waals surface area contributed by atoms with E-state index in [-0.39, 0.29) is 24.0 Å². The van der Waals surface area contributed by atoms with Gasteiger partial charge in [-0.3, -0.25) is 4.79 Å². The Labute approximate surface area is 128 Å². The summed E-state index contributed by atoms with van der Waals surface area (Å²) in [5.74, 6) is 0.380. The molecule has 0 bridgehead atoms. The number of hydrogen-bond acceptors (Lipinski definition) is 4. The zero-order valence-electron chi connectivity index (χ0n) is 13.4. The summed E-state index contributed by atoms with van der Waals surface area (Å²) in [4.78, 5) is 12.4. The van der Waals surface area contributed by atoms with Crippen LogP contribution in [0.1, 0.15) is 46.0 Å². The first-order chi connectivity index (χ1) is 10.2. The molecule has 2 fully saturated rings. The van der Waals surface area contributed by atoms with Crippen LogP contribution < -0.4 is 10.6 Å². The van der Waals surface area contributed by atoms with E-state index in [1.54, 1.807) is 0 Å². The van der Waals surface area contributed by atoms with E-state index in [0.717, 1.165) is 45.5 Å². The lowest BCUT2D eigenvalue weighted by Crippen LogP contribution is -2.53. The van der Waals surface area contributed by atoms with Gasteiger partial charge in [0.25, 0.3) is 0 Å². The summed E-state index contributed by atoms with van der Waals surface area (Å²) in [6.45, 7) is 7.23. The van der Waals surface area contributed by atoms with Gasteiger partial charge in [-0.15, -0.1) is 0 Å². The highest BCUT2D eigenvalue weighted by Crippen LogP contribution is 2.13. The average Bonchev–Trinajstić information content (AvgIpc) is 2.52. The van der Waals surface area contributed by atoms with Gasteiger partial charge in [0.2, 0.25) is 5.91 Å². The molecular formula is C16H30N2O3. The molecule has 2 atom stereocenters. The Morgan fingerprint density at radius 1 is 1.14 bits per heavy atom. The molecule has 0 aromatic carbocycles. The summed E-state index contributed by atoms with van der Waals surface area (Å²) < 4.78 is 11.0. The minimum Gasteiger partial charge on any atom is -0.381 e. The number of ether oxygens (including phenoxy) is 2. The Morgan fingerprint density at radius 3 is 2.52 bits per heavy atom. The van der Waals surface area contributed by atoms with Crippen LogP contribution in [0.5, 0.6) is 0 Å². The Balaban J connectivity index is 1.77. The Morgan fingerprint density at radius 2 is 1.90 bits per heavy atom. The van der Waals surface area contributed by atoms with E-state index in [9.17, 15) is 4.79 Å². The van der Waals surface area contributed by atoms with Crippen LogP contribution in [-0.2, 0) is 14.3 Å². The molecule has 5 heteroatoms. The summed E-state index contributed by atoms with van der Waals surface area (Å²) in [5.41, 5.74) is 0. The highest BCUT2D eigenvalue weighted by molar-refractivity contribution is 5.82. The Kier molecular flexibility index (Phi) is 6.93. The molecule has 2 aliphatic heterocycles. The number of amides is 1. The minimum absolute atomic E-state index is 0.102. The lowest BCUT2D eigenvalue weighted by molar-refractivity contribution is -0.125. The molecule has 2 aliphatic rings. The van der Waals surface area contributed by atoms with Crippen LogP contribution in [0.3, 0.4) is 0 Å². The zero-order chi connectivity index (χ0) is 15.1. The lowest BCUT2D eigenvalue weighted by atomic mass is 9.99. The highest BCUT2D eigenvalue weighted by Gasteiger charge is 2.26. The van der Waals surface area contributed by atoms with Crippen LogP contribution in [0, 0.1) is 5.92 Å². The second kappa shape index (κ2) is 8.71. The SMILES string of the molecule is CC(C)[C@H](NC1CCOCC1)C(=O)NC[C@H]1CCCCO1. The molecule has 0 saturated carbocycles. The van der Waals surface area contributed by atoms with Crippen molar-refractivity contribution in [1.29, 1.82) is 0 Å². The van der Waals surface area contributed by atoms with Crippen LogP contribution >= 0.6 is 0 Å². The van der Waals surface area contributed by atoms with Gasteiger partial charge in [-0.05, 0) is 38.0 Å². The molecule has 21 heavy (non-hydrogen) atoms. The zero-order valence-corrected chi connectivity index (χ0v) is 13.4. The van der Waals surface area contributed by atoms with Crippen LogP contribution in [0.25, 0.3) is 0 Å². The van der Waals surface area contributed by atoms with E-state index in [0.29, 0.717) is 12.6 Å². The Bertz CT molecular complexity index is 311. The van der Waals surface area contributed by atoms with E-state index >= 15 is 0 Å². The third-order valence-electron chi connectivity index (χ3n) is 4.36. The van der Waals surface area contributed by atoms with Crippen molar-refractivity contribution in [3.05, 3.63) is 0 Å². The summed E-state index contributed by atoms with van der Waals surface area (Å²) >= 11 is 0. The van der Waals surface area contributed by atoms with Gasteiger partial charge in [-0.2, -0.15) is 0 Å². The monoisotopic (exact) mass is 298 g/mol. The van der Waals surface area contributed by atoms with Crippen LogP contribution in [0.4, 0.5) is 0 Å². The van der Waals surface area contributed by atoms with Gasteiger partial charge in [-0.25, -0.2) is 0 Å². The van der Waals surface area contributed by atoms with Crippen molar-refractivity contribution in [3.8, 4) is 0 Å². The topological polar surface area (TPSA) is 59.6 Å². The first-order valence-corrected chi connectivity index (χ1v) is 8.40. The molecule has 1 amide bonds. The van der Waals surface area contributed by atoms with Crippen molar-refractivity contribution >= 4 is 5.91 Å². The third kappa shape index (κ3) is 5.57. The standard InChI is InChI=1S/C16H30N2O3/c1-12(2)15(18-13-6-9-20-10-7-13)16(19)17-11-14-5-3-4-8-21-14/h12-15,18H,3-11H2,1-2H3,(H,17,19)/t14-,15+/m1/s1. The fraction of sp³-hybridized carbons (Fsp3) is 0.938. The predicted octanol–water partition coefficient (Wildman–Crippen LogP) is 1.46. The van der Waals surface area contributed by atoms with E-state index in [2.05, 4.69) is 24.5 Å². The normalized spacial score (nSPS) is 25.8. The van der Waals surface area contributed by atoms with Crippen molar-refractivity contribution < 1.29 is 14.3 Å². The van der Waals surface area contributed by atoms with Gasteiger partial charge in [0.15, 0.2) is 0 Å². The van der Waals surface area contributed by atoms with Gasteiger partial charge in [-0.1, -0.05) is 13.8 Å². The smallest absolute Gasteiger partial charge is 0.237 e. The first-order valence-electron chi connectivity index (χ1n) is 8.40. The molecule has 0 spiro atoms. The molecule has 0 aromatic rings. The number of carbonyl (C=O) groups excluding carboxylic acids is 1. The summed E-state index contributed by atoms with van der Waals surface area (Å²) in [5, 5.41) is 6.58. The molecular weight excluding hydrogens is 268 g/mol. The van der Waals surface area contributed by atoms with Gasteiger partial charge < -0.3 is 20.1 Å². The van der Waals surface area contributed by atoms with E-state index in [4.69, 9.17) is 9.47 Å². The van der Waals surface area contributed by atoms with Crippen LogP contribution in [0.15, 0.2) is 0 Å².